The molecule has 0 aromatic carbocycles. The van der Waals surface area contributed by atoms with Gasteiger partial charge in [0.25, 0.3) is 0 Å². The second-order valence-corrected chi connectivity index (χ2v) is 3.68. The highest BCUT2D eigenvalue weighted by Crippen LogP contribution is 2.00. The molecule has 0 unspecified atom stereocenters. The molecule has 0 heterocycles. The van der Waals surface area contributed by atoms with E-state index < -0.39 is 0 Å². The Kier molecular flexibility index (Phi) is 56.4. The molecule has 0 spiro atoms. The van der Waals surface area contributed by atoms with Crippen molar-refractivity contribution < 1.29 is 0 Å². The van der Waals surface area contributed by atoms with E-state index in [4.69, 9.17) is 0 Å². The first kappa shape index (κ1) is 24.7. The van der Waals surface area contributed by atoms with Crippen molar-refractivity contribution in [2.24, 2.45) is 5.92 Å². The van der Waals surface area contributed by atoms with Crippen molar-refractivity contribution in [2.45, 2.75) is 88.0 Å². The monoisotopic (exact) mass is 228 g/mol. The van der Waals surface area contributed by atoms with Gasteiger partial charge in [0, 0.05) is 0 Å². The summed E-state index contributed by atoms with van der Waals surface area (Å²) in [7, 11) is 0. The molecule has 0 bridgehead atoms. The van der Waals surface area contributed by atoms with E-state index in [9.17, 15) is 0 Å². The van der Waals surface area contributed by atoms with Gasteiger partial charge in [-0.05, 0) is 19.8 Å². The highest BCUT2D eigenvalue weighted by atomic mass is 13.9. The van der Waals surface area contributed by atoms with Gasteiger partial charge in [0.05, 0.1) is 0 Å². The molecule has 16 heavy (non-hydrogen) atoms. The van der Waals surface area contributed by atoms with Crippen LogP contribution >= 0.6 is 0 Å². The minimum atomic E-state index is 0.898. The van der Waals surface area contributed by atoms with E-state index in [0.717, 1.165) is 5.92 Å². The molecule has 0 nitrogen and oxygen atoms in total. The summed E-state index contributed by atoms with van der Waals surface area (Å²) in [5.41, 5.74) is 0. The van der Waals surface area contributed by atoms with Crippen LogP contribution in [0.1, 0.15) is 88.0 Å². The lowest BCUT2D eigenvalue weighted by atomic mass is 10.1. The molecular weight excluding hydrogens is 192 g/mol. The van der Waals surface area contributed by atoms with Crippen LogP contribution in [0.2, 0.25) is 0 Å². The summed E-state index contributed by atoms with van der Waals surface area (Å²) in [6.45, 7) is 18.7. The van der Waals surface area contributed by atoms with Crippen molar-refractivity contribution in [2.75, 3.05) is 0 Å². The van der Waals surface area contributed by atoms with Crippen molar-refractivity contribution in [1.29, 1.82) is 0 Å². The highest BCUT2D eigenvalue weighted by molar-refractivity contribution is 4.89. The van der Waals surface area contributed by atoms with Crippen LogP contribution in [0.4, 0.5) is 0 Å². The van der Waals surface area contributed by atoms with Crippen LogP contribution in [0.3, 0.4) is 0 Å². The van der Waals surface area contributed by atoms with E-state index in [1.807, 2.05) is 27.7 Å². The maximum atomic E-state index is 2.68. The van der Waals surface area contributed by atoms with Gasteiger partial charge in [0.2, 0.25) is 0 Å². The summed E-state index contributed by atoms with van der Waals surface area (Å²) >= 11 is 0. The molecule has 0 aromatic rings. The zero-order valence-corrected chi connectivity index (χ0v) is 13.4. The van der Waals surface area contributed by atoms with E-state index in [1.165, 1.54) is 25.7 Å². The van der Waals surface area contributed by atoms with Crippen molar-refractivity contribution in [3.63, 3.8) is 0 Å². The van der Waals surface area contributed by atoms with Gasteiger partial charge in [-0.2, -0.15) is 0 Å². The Morgan fingerprint density at radius 1 is 0.750 bits per heavy atom. The largest absolute Gasteiger partial charge is 0.107 e. The lowest BCUT2D eigenvalue weighted by Crippen LogP contribution is -1.81. The molecule has 0 saturated carbocycles. The summed E-state index contributed by atoms with van der Waals surface area (Å²) in [6.07, 6.45) is 5.34. The van der Waals surface area contributed by atoms with Gasteiger partial charge < -0.3 is 0 Å². The van der Waals surface area contributed by atoms with Gasteiger partial charge in [0.15, 0.2) is 0 Å². The minimum Gasteiger partial charge on any atom is -0.107 e. The molecule has 0 radical (unpaired) electrons. The SMILES string of the molecule is CC.CC#CC.CCCC.CCCC(C)C. The maximum Gasteiger partial charge on any atom is -0.00271 e. The molecular formula is C16H36. The smallest absolute Gasteiger partial charge is 0.00271 e. The predicted molar refractivity (Wildman–Crippen MR) is 80.8 cm³/mol. The van der Waals surface area contributed by atoms with Crippen LogP contribution in [-0.4, -0.2) is 0 Å². The normalized spacial score (nSPS) is 6.88. The van der Waals surface area contributed by atoms with Crippen molar-refractivity contribution in [1.82, 2.24) is 0 Å². The third-order valence-electron chi connectivity index (χ3n) is 1.62. The first-order valence-corrected chi connectivity index (χ1v) is 6.93. The maximum absolute atomic E-state index is 2.68. The predicted octanol–water partition coefficient (Wildman–Crippen LogP) is 6.30. The van der Waals surface area contributed by atoms with E-state index >= 15 is 0 Å². The fourth-order valence-corrected chi connectivity index (χ4v) is 0.577. The molecule has 0 N–H and O–H groups in total. The lowest BCUT2D eigenvalue weighted by molar-refractivity contribution is 0.576. The highest BCUT2D eigenvalue weighted by Gasteiger charge is 1.85. The third-order valence-corrected chi connectivity index (χ3v) is 1.62. The Balaban J connectivity index is -0.0000000643. The molecule has 0 aliphatic carbocycles. The first-order chi connectivity index (χ1) is 7.60. The summed E-state index contributed by atoms with van der Waals surface area (Å²) in [6, 6.07) is 0. The lowest BCUT2D eigenvalue weighted by Gasteiger charge is -1.95. The zero-order chi connectivity index (χ0) is 13.8. The molecule has 0 aromatic heterocycles. The summed E-state index contributed by atoms with van der Waals surface area (Å²) < 4.78 is 0. The summed E-state index contributed by atoms with van der Waals surface area (Å²) in [5, 5.41) is 0. The molecule has 0 heteroatoms. The fraction of sp³-hybridized carbons (Fsp3) is 0.875. The molecule has 0 aliphatic rings. The van der Waals surface area contributed by atoms with E-state index in [0.29, 0.717) is 0 Å². The number of rotatable bonds is 3. The Morgan fingerprint density at radius 3 is 1.06 bits per heavy atom. The summed E-state index contributed by atoms with van der Waals surface area (Å²) in [4.78, 5) is 0. The van der Waals surface area contributed by atoms with Gasteiger partial charge in [-0.1, -0.05) is 74.1 Å². The molecule has 0 fully saturated rings. The van der Waals surface area contributed by atoms with Crippen LogP contribution in [0, 0.1) is 17.8 Å². The van der Waals surface area contributed by atoms with Gasteiger partial charge >= 0.3 is 0 Å². The van der Waals surface area contributed by atoms with Crippen LogP contribution in [-0.2, 0) is 0 Å². The molecule has 0 amide bonds. The third kappa shape index (κ3) is 103. The van der Waals surface area contributed by atoms with Crippen LogP contribution in [0.15, 0.2) is 0 Å². The molecule has 0 atom stereocenters. The quantitative estimate of drug-likeness (QED) is 0.497. The zero-order valence-electron chi connectivity index (χ0n) is 13.4. The number of unbranched alkanes of at least 4 members (excludes halogenated alkanes) is 1. The fourth-order valence-electron chi connectivity index (χ4n) is 0.577. The average Bonchev–Trinajstić information content (AvgIpc) is 2.32. The molecule has 0 aliphatic heterocycles. The second kappa shape index (κ2) is 36.5. The molecule has 0 saturated heterocycles. The minimum absolute atomic E-state index is 0.898. The van der Waals surface area contributed by atoms with Crippen molar-refractivity contribution in [3.8, 4) is 11.8 Å². The summed E-state index contributed by atoms with van der Waals surface area (Å²) in [5.74, 6) is 6.26. The standard InChI is InChI=1S/C6H14.C4H10.C4H6.C2H6/c1-4-5-6(2)3;2*1-3-4-2;1-2/h6H,4-5H2,1-3H3;3-4H2,1-2H3;1-2H3;1-2H3. The Morgan fingerprint density at radius 2 is 1.06 bits per heavy atom. The van der Waals surface area contributed by atoms with Gasteiger partial charge in [0.1, 0.15) is 0 Å². The first-order valence-electron chi connectivity index (χ1n) is 6.93. The molecule has 100 valence electrons. The van der Waals surface area contributed by atoms with E-state index in [1.54, 1.807) is 0 Å². The van der Waals surface area contributed by atoms with Crippen molar-refractivity contribution >= 4 is 0 Å². The van der Waals surface area contributed by atoms with Crippen LogP contribution in [0.5, 0.6) is 0 Å². The Labute approximate surface area is 106 Å². The van der Waals surface area contributed by atoms with Crippen LogP contribution in [0.25, 0.3) is 0 Å². The average molecular weight is 228 g/mol. The van der Waals surface area contributed by atoms with Gasteiger partial charge in [-0.15, -0.1) is 11.8 Å². The second-order valence-electron chi connectivity index (χ2n) is 3.68. The Hall–Kier alpha value is -0.440. The topological polar surface area (TPSA) is 0 Å². The van der Waals surface area contributed by atoms with Crippen molar-refractivity contribution in [3.05, 3.63) is 0 Å². The van der Waals surface area contributed by atoms with E-state index in [2.05, 4.69) is 46.5 Å². The van der Waals surface area contributed by atoms with Crippen LogP contribution < -0.4 is 0 Å². The van der Waals surface area contributed by atoms with E-state index in [-0.39, 0.29) is 0 Å². The van der Waals surface area contributed by atoms with Gasteiger partial charge in [-0.25, -0.2) is 0 Å². The number of hydrogen-bond acceptors (Lipinski definition) is 0. The Bertz CT molecular complexity index is 104. The van der Waals surface area contributed by atoms with Gasteiger partial charge in [-0.3, -0.25) is 0 Å². The molecule has 0 rings (SSSR count). The number of hydrogen-bond donors (Lipinski definition) is 0.